The Bertz CT molecular complexity index is 902. The van der Waals surface area contributed by atoms with E-state index in [1.165, 1.54) is 19.2 Å². The third kappa shape index (κ3) is 3.40. The molecule has 1 aromatic carbocycles. The number of aromatic nitrogens is 2. The van der Waals surface area contributed by atoms with E-state index in [4.69, 9.17) is 22.1 Å². The Balaban J connectivity index is 2.69. The Morgan fingerprint density at radius 2 is 1.96 bits per heavy atom. The topological polar surface area (TPSA) is 112 Å². The van der Waals surface area contributed by atoms with Crippen molar-refractivity contribution in [3.8, 4) is 17.0 Å². The Morgan fingerprint density at radius 3 is 2.48 bits per heavy atom. The second-order valence-electron chi connectivity index (χ2n) is 4.56. The fraction of sp³-hybridized carbons (Fsp3) is 0.154. The number of nitrogens with two attached hydrogens (primary N) is 1. The molecule has 0 spiro atoms. The van der Waals surface area contributed by atoms with Gasteiger partial charge in [-0.3, -0.25) is 4.79 Å². The first-order valence-corrected chi connectivity index (χ1v) is 8.33. The fourth-order valence-corrected chi connectivity index (χ4v) is 3.02. The van der Waals surface area contributed by atoms with E-state index >= 15 is 0 Å². The second kappa shape index (κ2) is 6.09. The van der Waals surface area contributed by atoms with Crippen molar-refractivity contribution in [1.82, 2.24) is 10.2 Å². The first-order chi connectivity index (χ1) is 10.6. The number of primary amides is 1. The number of hydrogen-bond donors (Lipinski definition) is 1. The van der Waals surface area contributed by atoms with Gasteiger partial charge in [0.2, 0.25) is 0 Å². The second-order valence-corrected chi connectivity index (χ2v) is 6.87. The average molecular weight is 360 g/mol. The van der Waals surface area contributed by atoms with Gasteiger partial charge in [0.05, 0.1) is 18.4 Å². The van der Waals surface area contributed by atoms with Gasteiger partial charge in [-0.1, -0.05) is 11.6 Å². The number of carbonyl (C=O) groups is 1. The van der Waals surface area contributed by atoms with Crippen LogP contribution in [0.2, 0.25) is 5.15 Å². The Kier molecular flexibility index (Phi) is 4.53. The van der Waals surface area contributed by atoms with Gasteiger partial charge in [-0.2, -0.15) is 0 Å². The third-order valence-corrected chi connectivity index (χ3v) is 4.33. The number of amides is 1. The van der Waals surface area contributed by atoms with Crippen molar-refractivity contribution in [3.63, 3.8) is 0 Å². The van der Waals surface area contributed by atoms with Gasteiger partial charge in [0.25, 0.3) is 5.91 Å². The molecule has 1 heterocycles. The lowest BCUT2D eigenvalue weighted by Crippen LogP contribution is -2.13. The molecule has 0 aliphatic heterocycles. The molecule has 0 bridgehead atoms. The van der Waals surface area contributed by atoms with Crippen LogP contribution < -0.4 is 10.5 Å². The predicted molar refractivity (Wildman–Crippen MR) is 80.6 cm³/mol. The molecule has 1 aromatic heterocycles. The molecular weight excluding hydrogens is 349 g/mol. The van der Waals surface area contributed by atoms with Crippen molar-refractivity contribution in [2.24, 2.45) is 5.73 Å². The highest BCUT2D eigenvalue weighted by molar-refractivity contribution is 7.90. The van der Waals surface area contributed by atoms with Crippen LogP contribution >= 0.6 is 11.6 Å². The molecule has 0 unspecified atom stereocenters. The number of hydrogen-bond acceptors (Lipinski definition) is 6. The van der Waals surface area contributed by atoms with E-state index in [1.54, 1.807) is 0 Å². The lowest BCUT2D eigenvalue weighted by atomic mass is 10.1. The monoisotopic (exact) mass is 359 g/mol. The number of ether oxygens (including phenoxy) is 1. The van der Waals surface area contributed by atoms with E-state index in [1.807, 2.05) is 0 Å². The molecule has 1 amide bonds. The van der Waals surface area contributed by atoms with E-state index in [-0.39, 0.29) is 27.7 Å². The van der Waals surface area contributed by atoms with E-state index in [0.29, 0.717) is 0 Å². The number of carbonyl (C=O) groups excluding carboxylic acids is 1. The summed E-state index contributed by atoms with van der Waals surface area (Å²) in [6.45, 7) is 0. The molecule has 0 radical (unpaired) electrons. The summed E-state index contributed by atoms with van der Waals surface area (Å²) >= 11 is 5.70. The summed E-state index contributed by atoms with van der Waals surface area (Å²) in [5, 5.41) is 7.11. The van der Waals surface area contributed by atoms with Crippen molar-refractivity contribution < 1.29 is 22.3 Å². The molecular formula is C13H11ClFN3O4S. The molecule has 122 valence electrons. The van der Waals surface area contributed by atoms with E-state index in [9.17, 15) is 17.6 Å². The summed E-state index contributed by atoms with van der Waals surface area (Å²) in [5.41, 5.74) is 5.30. The summed E-state index contributed by atoms with van der Waals surface area (Å²) in [5.74, 6) is -2.04. The number of halogens is 2. The molecule has 7 nitrogen and oxygen atoms in total. The molecule has 0 fully saturated rings. The molecule has 0 saturated carbocycles. The SMILES string of the molecule is COc1cc(-c2cc(C(N)=O)c(Cl)nn2)cc(F)c1S(C)(=O)=O. The quantitative estimate of drug-likeness (QED) is 0.884. The van der Waals surface area contributed by atoms with Crippen molar-refractivity contribution in [2.75, 3.05) is 13.4 Å². The maximum Gasteiger partial charge on any atom is 0.251 e. The lowest BCUT2D eigenvalue weighted by Gasteiger charge is -2.11. The highest BCUT2D eigenvalue weighted by atomic mass is 35.5. The normalized spacial score (nSPS) is 11.3. The zero-order valence-electron chi connectivity index (χ0n) is 12.0. The van der Waals surface area contributed by atoms with E-state index < -0.39 is 26.5 Å². The summed E-state index contributed by atoms with van der Waals surface area (Å²) in [6, 6.07) is 3.44. The van der Waals surface area contributed by atoms with Crippen LogP contribution in [0.5, 0.6) is 5.75 Å². The fourth-order valence-electron chi connectivity index (χ4n) is 1.92. The standard InChI is InChI=1S/C13H11ClFN3O4S/c1-22-10-4-6(3-8(15)11(10)23(2,20)21)9-5-7(13(16)19)12(14)18-17-9/h3-5H,1-2H3,(H2,16,19). The minimum Gasteiger partial charge on any atom is -0.495 e. The number of benzene rings is 1. The predicted octanol–water partition coefficient (Wildman–Crippen LogP) is 1.45. The summed E-state index contributed by atoms with van der Waals surface area (Å²) in [6.07, 6.45) is 0.862. The molecule has 10 heteroatoms. The molecule has 0 saturated heterocycles. The van der Waals surface area contributed by atoms with Gasteiger partial charge in [0.15, 0.2) is 15.0 Å². The molecule has 0 aliphatic rings. The number of sulfone groups is 1. The smallest absolute Gasteiger partial charge is 0.251 e. The van der Waals surface area contributed by atoms with Crippen LogP contribution in [0.1, 0.15) is 10.4 Å². The van der Waals surface area contributed by atoms with Crippen LogP contribution in [0, 0.1) is 5.82 Å². The summed E-state index contributed by atoms with van der Waals surface area (Å²) in [7, 11) is -2.63. The van der Waals surface area contributed by atoms with Crippen LogP contribution in [0.4, 0.5) is 4.39 Å². The van der Waals surface area contributed by atoms with E-state index in [2.05, 4.69) is 10.2 Å². The van der Waals surface area contributed by atoms with E-state index in [0.717, 1.165) is 12.3 Å². The van der Waals surface area contributed by atoms with Gasteiger partial charge in [0.1, 0.15) is 16.5 Å². The van der Waals surface area contributed by atoms with Crippen molar-refractivity contribution >= 4 is 27.3 Å². The van der Waals surface area contributed by atoms with Crippen LogP contribution in [-0.4, -0.2) is 37.9 Å². The maximum atomic E-state index is 14.2. The molecule has 0 atom stereocenters. The molecule has 23 heavy (non-hydrogen) atoms. The van der Waals surface area contributed by atoms with Crippen LogP contribution in [-0.2, 0) is 9.84 Å². The van der Waals surface area contributed by atoms with Crippen molar-refractivity contribution in [1.29, 1.82) is 0 Å². The first kappa shape index (κ1) is 17.1. The number of methoxy groups -OCH3 is 1. The highest BCUT2D eigenvalue weighted by Gasteiger charge is 2.22. The molecule has 2 rings (SSSR count). The highest BCUT2D eigenvalue weighted by Crippen LogP contribution is 2.32. The first-order valence-electron chi connectivity index (χ1n) is 6.06. The Labute approximate surface area is 136 Å². The van der Waals surface area contributed by atoms with Crippen LogP contribution in [0.25, 0.3) is 11.3 Å². The molecule has 2 N–H and O–H groups in total. The average Bonchev–Trinajstić information content (AvgIpc) is 2.45. The molecule has 0 aliphatic carbocycles. The third-order valence-electron chi connectivity index (χ3n) is 2.91. The zero-order chi connectivity index (χ0) is 17.4. The molecule has 2 aromatic rings. The van der Waals surface area contributed by atoms with Crippen molar-refractivity contribution in [3.05, 3.63) is 34.7 Å². The lowest BCUT2D eigenvalue weighted by molar-refractivity contribution is 0.1000. The zero-order valence-corrected chi connectivity index (χ0v) is 13.6. The van der Waals surface area contributed by atoms with Crippen molar-refractivity contribution in [2.45, 2.75) is 4.90 Å². The minimum atomic E-state index is -3.83. The minimum absolute atomic E-state index is 0.0838. The Hall–Kier alpha value is -2.26. The largest absolute Gasteiger partial charge is 0.495 e. The Morgan fingerprint density at radius 1 is 1.30 bits per heavy atom. The van der Waals surface area contributed by atoms with Crippen LogP contribution in [0.3, 0.4) is 0 Å². The van der Waals surface area contributed by atoms with Gasteiger partial charge >= 0.3 is 0 Å². The van der Waals surface area contributed by atoms with Gasteiger partial charge < -0.3 is 10.5 Å². The van der Waals surface area contributed by atoms with Gasteiger partial charge in [-0.15, -0.1) is 10.2 Å². The van der Waals surface area contributed by atoms with Gasteiger partial charge in [-0.25, -0.2) is 12.8 Å². The maximum absolute atomic E-state index is 14.2. The number of rotatable bonds is 4. The number of nitrogens with zero attached hydrogens (tertiary/aromatic N) is 2. The van der Waals surface area contributed by atoms with Crippen LogP contribution in [0.15, 0.2) is 23.1 Å². The summed E-state index contributed by atoms with van der Waals surface area (Å²) < 4.78 is 42.4. The van der Waals surface area contributed by atoms with Gasteiger partial charge in [-0.05, 0) is 18.2 Å². The summed E-state index contributed by atoms with van der Waals surface area (Å²) in [4.78, 5) is 10.7. The van der Waals surface area contributed by atoms with Gasteiger partial charge in [0, 0.05) is 11.8 Å².